The second-order valence-corrected chi connectivity index (χ2v) is 13.4. The second-order valence-electron chi connectivity index (χ2n) is 11.8. The Morgan fingerprint density at radius 1 is 1.02 bits per heavy atom. The molecule has 10 heteroatoms. The third kappa shape index (κ3) is 6.46. The van der Waals surface area contributed by atoms with E-state index < -0.39 is 34.7 Å². The van der Waals surface area contributed by atoms with Gasteiger partial charge in [0.1, 0.15) is 11.8 Å². The SMILES string of the molecule is Cc1c(O)cccc1C(=O)N[C@@H](Cc1ccccc1)[C@H](O)C(=O)N1CSC(C)(C)[C@H]1C(=O)NC(C)c1cc2ccccc2[nH]1. The predicted octanol–water partition coefficient (Wildman–Crippen LogP) is 4.44. The number of nitrogens with one attached hydrogen (secondary N) is 3. The first-order valence-corrected chi connectivity index (χ1v) is 15.6. The number of nitrogens with zero attached hydrogens (tertiary/aromatic N) is 1. The number of aliphatic hydroxyl groups excluding tert-OH is 1. The number of para-hydroxylation sites is 1. The predicted molar refractivity (Wildman–Crippen MR) is 172 cm³/mol. The molecule has 0 saturated carbocycles. The largest absolute Gasteiger partial charge is 0.508 e. The minimum atomic E-state index is -1.63. The van der Waals surface area contributed by atoms with Crippen molar-refractivity contribution in [2.24, 2.45) is 0 Å². The Bertz CT molecular complexity index is 1640. The van der Waals surface area contributed by atoms with E-state index in [1.165, 1.54) is 22.7 Å². The van der Waals surface area contributed by atoms with E-state index in [1.54, 1.807) is 19.1 Å². The minimum absolute atomic E-state index is 0.0271. The molecule has 9 nitrogen and oxygen atoms in total. The van der Waals surface area contributed by atoms with Crippen molar-refractivity contribution in [3.63, 3.8) is 0 Å². The minimum Gasteiger partial charge on any atom is -0.508 e. The summed E-state index contributed by atoms with van der Waals surface area (Å²) >= 11 is 1.46. The number of aromatic amines is 1. The number of hydrogen-bond donors (Lipinski definition) is 5. The molecule has 1 aromatic heterocycles. The van der Waals surface area contributed by atoms with Crippen molar-refractivity contribution in [1.82, 2.24) is 20.5 Å². The number of aromatic nitrogens is 1. The Morgan fingerprint density at radius 2 is 1.73 bits per heavy atom. The van der Waals surface area contributed by atoms with E-state index in [1.807, 2.05) is 81.4 Å². The van der Waals surface area contributed by atoms with Crippen molar-refractivity contribution in [2.75, 3.05) is 5.88 Å². The molecular formula is C34H38N4O5S. The fourth-order valence-corrected chi connectivity index (χ4v) is 6.82. The highest BCUT2D eigenvalue weighted by Gasteiger charge is 2.50. The van der Waals surface area contributed by atoms with Gasteiger partial charge in [-0.15, -0.1) is 11.8 Å². The highest BCUT2D eigenvalue weighted by Crippen LogP contribution is 2.40. The summed E-state index contributed by atoms with van der Waals surface area (Å²) in [5, 5.41) is 28.6. The van der Waals surface area contributed by atoms with Gasteiger partial charge in [-0.1, -0.05) is 54.6 Å². The summed E-state index contributed by atoms with van der Waals surface area (Å²) in [6.07, 6.45) is -1.46. The standard InChI is InChI=1S/C34H38N4O5S/c1-20-24(14-10-16-28(20)39)31(41)37-27(17-22-11-6-5-7-12-22)29(40)33(43)38-19-44-34(3,4)30(38)32(42)35-21(2)26-18-23-13-8-9-15-25(23)36-26/h5-16,18,21,27,29-30,36,39-40H,17,19H2,1-4H3,(H,35,42)(H,37,41)/t21?,27-,29-,30+/m0/s1. The number of carbonyl (C=O) groups is 3. The van der Waals surface area contributed by atoms with E-state index in [0.29, 0.717) is 5.56 Å². The molecule has 3 aromatic carbocycles. The average molecular weight is 615 g/mol. The van der Waals surface area contributed by atoms with Gasteiger partial charge in [0.25, 0.3) is 11.8 Å². The normalized spacial score (nSPS) is 18.0. The summed E-state index contributed by atoms with van der Waals surface area (Å²) < 4.78 is -0.628. The fourth-order valence-electron chi connectivity index (χ4n) is 5.68. The molecule has 1 saturated heterocycles. The number of aromatic hydroxyl groups is 1. The topological polar surface area (TPSA) is 135 Å². The van der Waals surface area contributed by atoms with Gasteiger partial charge in [0.05, 0.1) is 18.0 Å². The van der Waals surface area contributed by atoms with Crippen molar-refractivity contribution < 1.29 is 24.6 Å². The summed E-state index contributed by atoms with van der Waals surface area (Å²) in [5.41, 5.74) is 3.25. The van der Waals surface area contributed by atoms with E-state index in [9.17, 15) is 24.6 Å². The number of benzene rings is 3. The molecule has 1 aliphatic heterocycles. The van der Waals surface area contributed by atoms with Gasteiger partial charge in [-0.25, -0.2) is 0 Å². The molecule has 230 valence electrons. The number of rotatable bonds is 9. The molecule has 1 unspecified atom stereocenters. The van der Waals surface area contributed by atoms with Gasteiger partial charge < -0.3 is 30.7 Å². The lowest BCUT2D eigenvalue weighted by atomic mass is 9.96. The van der Waals surface area contributed by atoms with Gasteiger partial charge in [-0.3, -0.25) is 14.4 Å². The first-order valence-electron chi connectivity index (χ1n) is 14.6. The highest BCUT2D eigenvalue weighted by molar-refractivity contribution is 8.00. The molecule has 2 heterocycles. The molecule has 0 aliphatic carbocycles. The van der Waals surface area contributed by atoms with Gasteiger partial charge >= 0.3 is 0 Å². The van der Waals surface area contributed by atoms with Crippen LogP contribution in [0.15, 0.2) is 78.9 Å². The Morgan fingerprint density at radius 3 is 2.45 bits per heavy atom. The van der Waals surface area contributed by atoms with Gasteiger partial charge in [-0.2, -0.15) is 0 Å². The molecule has 0 spiro atoms. The number of fused-ring (bicyclic) bond motifs is 1. The van der Waals surface area contributed by atoms with E-state index in [-0.39, 0.29) is 35.6 Å². The van der Waals surface area contributed by atoms with Crippen LogP contribution in [0.1, 0.15) is 54.0 Å². The maximum Gasteiger partial charge on any atom is 0.254 e. The van der Waals surface area contributed by atoms with Crippen LogP contribution >= 0.6 is 11.8 Å². The number of hydrogen-bond acceptors (Lipinski definition) is 6. The Balaban J connectivity index is 1.37. The molecule has 1 fully saturated rings. The number of carbonyl (C=O) groups excluding carboxylic acids is 3. The van der Waals surface area contributed by atoms with Crippen LogP contribution in [0.3, 0.4) is 0 Å². The summed E-state index contributed by atoms with van der Waals surface area (Å²) in [7, 11) is 0. The lowest BCUT2D eigenvalue weighted by Crippen LogP contribution is -2.59. The van der Waals surface area contributed by atoms with Crippen molar-refractivity contribution in [3.8, 4) is 5.75 Å². The second kappa shape index (κ2) is 12.8. The Labute approximate surface area is 261 Å². The van der Waals surface area contributed by atoms with Crippen LogP contribution in [0.4, 0.5) is 0 Å². The maximum atomic E-state index is 14.0. The summed E-state index contributed by atoms with van der Waals surface area (Å²) in [6, 6.07) is 21.5. The maximum absolute atomic E-state index is 14.0. The van der Waals surface area contributed by atoms with Crippen LogP contribution in [-0.2, 0) is 16.0 Å². The zero-order valence-electron chi connectivity index (χ0n) is 25.2. The van der Waals surface area contributed by atoms with E-state index in [0.717, 1.165) is 22.2 Å². The van der Waals surface area contributed by atoms with Crippen LogP contribution < -0.4 is 10.6 Å². The Hall–Kier alpha value is -4.28. The van der Waals surface area contributed by atoms with Crippen LogP contribution in [0.25, 0.3) is 10.9 Å². The van der Waals surface area contributed by atoms with Gasteiger partial charge in [0.2, 0.25) is 5.91 Å². The average Bonchev–Trinajstić information content (AvgIpc) is 3.58. The van der Waals surface area contributed by atoms with Crippen LogP contribution in [0.5, 0.6) is 5.75 Å². The third-order valence-electron chi connectivity index (χ3n) is 8.25. The van der Waals surface area contributed by atoms with Gasteiger partial charge in [0.15, 0.2) is 6.10 Å². The van der Waals surface area contributed by atoms with Gasteiger partial charge in [-0.05, 0) is 69.3 Å². The number of aliphatic hydroxyl groups is 1. The van der Waals surface area contributed by atoms with Crippen LogP contribution in [0.2, 0.25) is 0 Å². The van der Waals surface area contributed by atoms with Crippen molar-refractivity contribution in [2.45, 2.75) is 63.1 Å². The number of amides is 3. The number of thioether (sulfide) groups is 1. The molecule has 1 aliphatic rings. The summed E-state index contributed by atoms with van der Waals surface area (Å²) in [4.78, 5) is 45.8. The molecule has 4 atom stereocenters. The van der Waals surface area contributed by atoms with Crippen molar-refractivity contribution >= 4 is 40.4 Å². The number of phenolic OH excluding ortho intramolecular Hbond substituents is 1. The first-order chi connectivity index (χ1) is 21.0. The quantitative estimate of drug-likeness (QED) is 0.189. The summed E-state index contributed by atoms with van der Waals surface area (Å²) in [6.45, 7) is 7.32. The zero-order valence-corrected chi connectivity index (χ0v) is 26.0. The monoisotopic (exact) mass is 614 g/mol. The zero-order chi connectivity index (χ0) is 31.6. The fraction of sp³-hybridized carbons (Fsp3) is 0.324. The molecule has 5 rings (SSSR count). The Kier molecular flexibility index (Phi) is 9.03. The van der Waals surface area contributed by atoms with E-state index in [2.05, 4.69) is 15.6 Å². The molecular weight excluding hydrogens is 576 g/mol. The summed E-state index contributed by atoms with van der Waals surface area (Å²) in [5.74, 6) is -1.31. The number of phenols is 1. The third-order valence-corrected chi connectivity index (χ3v) is 9.63. The van der Waals surface area contributed by atoms with E-state index >= 15 is 0 Å². The molecule has 3 amide bonds. The lowest BCUT2D eigenvalue weighted by molar-refractivity contribution is -0.147. The molecule has 0 bridgehead atoms. The van der Waals surface area contributed by atoms with Gasteiger partial charge in [0, 0.05) is 27.1 Å². The van der Waals surface area contributed by atoms with Crippen LogP contribution in [0, 0.1) is 6.92 Å². The molecule has 5 N–H and O–H groups in total. The molecule has 4 aromatic rings. The van der Waals surface area contributed by atoms with Crippen LogP contribution in [-0.4, -0.2) is 66.6 Å². The lowest BCUT2D eigenvalue weighted by Gasteiger charge is -2.34. The molecule has 0 radical (unpaired) electrons. The smallest absolute Gasteiger partial charge is 0.254 e. The first kappa shape index (κ1) is 31.2. The van der Waals surface area contributed by atoms with E-state index in [4.69, 9.17) is 0 Å². The van der Waals surface area contributed by atoms with Crippen molar-refractivity contribution in [3.05, 3.63) is 101 Å². The molecule has 44 heavy (non-hydrogen) atoms. The number of H-pyrrole nitrogens is 1. The highest BCUT2D eigenvalue weighted by atomic mass is 32.2. The van der Waals surface area contributed by atoms with Crippen molar-refractivity contribution in [1.29, 1.82) is 0 Å².